The number of nitrogens with zero attached hydrogens (tertiary/aromatic N) is 2. The Morgan fingerprint density at radius 1 is 1.19 bits per heavy atom. The van der Waals surface area contributed by atoms with Crippen molar-refractivity contribution in [2.75, 3.05) is 13.2 Å². The van der Waals surface area contributed by atoms with E-state index < -0.39 is 28.6 Å². The lowest BCUT2D eigenvalue weighted by Gasteiger charge is -2.12. The molecule has 0 aliphatic carbocycles. The van der Waals surface area contributed by atoms with E-state index in [2.05, 4.69) is 0 Å². The van der Waals surface area contributed by atoms with E-state index in [1.54, 1.807) is 25.1 Å². The first kappa shape index (κ1) is 22.8. The molecule has 1 N–H and O–H groups in total. The molecule has 1 fully saturated rings. The number of para-hydroxylation sites is 1. The minimum Gasteiger partial charge on any atom is -0.490 e. The lowest BCUT2D eigenvalue weighted by molar-refractivity contribution is -0.385. The smallest absolute Gasteiger partial charge is 0.341 e. The Morgan fingerprint density at radius 2 is 1.94 bits per heavy atom. The van der Waals surface area contributed by atoms with Gasteiger partial charge in [-0.05, 0) is 42.5 Å². The molecule has 0 aromatic heterocycles. The minimum atomic E-state index is -1.14. The van der Waals surface area contributed by atoms with Gasteiger partial charge in [-0.1, -0.05) is 24.3 Å². The van der Waals surface area contributed by atoms with Crippen molar-refractivity contribution in [1.29, 1.82) is 0 Å². The van der Waals surface area contributed by atoms with E-state index >= 15 is 0 Å². The molecule has 2 aromatic carbocycles. The molecule has 32 heavy (non-hydrogen) atoms. The summed E-state index contributed by atoms with van der Waals surface area (Å²) in [5, 5.41) is 19.5. The molecule has 166 valence electrons. The van der Waals surface area contributed by atoms with E-state index in [-0.39, 0.29) is 28.5 Å². The normalized spacial score (nSPS) is 14.7. The molecule has 3 rings (SSSR count). The van der Waals surface area contributed by atoms with Crippen LogP contribution in [0.3, 0.4) is 0 Å². The molecule has 0 atom stereocenters. The summed E-state index contributed by atoms with van der Waals surface area (Å²) in [7, 11) is 0. The van der Waals surface area contributed by atoms with Crippen molar-refractivity contribution in [3.63, 3.8) is 0 Å². The van der Waals surface area contributed by atoms with Gasteiger partial charge in [0.2, 0.25) is 0 Å². The van der Waals surface area contributed by atoms with Gasteiger partial charge < -0.3 is 14.6 Å². The van der Waals surface area contributed by atoms with Gasteiger partial charge in [0.05, 0.1) is 23.0 Å². The van der Waals surface area contributed by atoms with Crippen molar-refractivity contribution in [2.45, 2.75) is 13.5 Å². The van der Waals surface area contributed by atoms with Gasteiger partial charge in [0, 0.05) is 11.6 Å². The number of carbonyl (C=O) groups is 3. The van der Waals surface area contributed by atoms with E-state index in [1.165, 1.54) is 30.3 Å². The van der Waals surface area contributed by atoms with E-state index in [0.29, 0.717) is 17.9 Å². The van der Waals surface area contributed by atoms with Crippen LogP contribution < -0.4 is 9.47 Å². The number of amides is 2. The minimum absolute atomic E-state index is 0.148. The maximum absolute atomic E-state index is 12.8. The molecular weight excluding hydrogens is 440 g/mol. The van der Waals surface area contributed by atoms with Gasteiger partial charge >= 0.3 is 5.97 Å². The highest BCUT2D eigenvalue weighted by atomic mass is 32.2. The van der Waals surface area contributed by atoms with Crippen LogP contribution >= 0.6 is 11.8 Å². The number of hydrogen-bond donors (Lipinski definition) is 1. The molecule has 0 saturated carbocycles. The molecule has 2 amide bonds. The van der Waals surface area contributed by atoms with Crippen LogP contribution in [0.5, 0.6) is 11.5 Å². The Labute approximate surface area is 186 Å². The van der Waals surface area contributed by atoms with Crippen molar-refractivity contribution in [1.82, 2.24) is 4.90 Å². The fourth-order valence-electron chi connectivity index (χ4n) is 2.92. The molecule has 1 aliphatic heterocycles. The van der Waals surface area contributed by atoms with Crippen LogP contribution in [-0.4, -0.2) is 45.3 Å². The zero-order chi connectivity index (χ0) is 23.3. The van der Waals surface area contributed by atoms with Crippen molar-refractivity contribution < 1.29 is 33.9 Å². The summed E-state index contributed by atoms with van der Waals surface area (Å²) < 4.78 is 10.7. The first-order chi connectivity index (χ1) is 15.3. The van der Waals surface area contributed by atoms with Crippen LogP contribution in [0.15, 0.2) is 47.4 Å². The van der Waals surface area contributed by atoms with Crippen molar-refractivity contribution >= 4 is 40.6 Å². The zero-order valence-electron chi connectivity index (χ0n) is 16.8. The first-order valence-corrected chi connectivity index (χ1v) is 10.2. The van der Waals surface area contributed by atoms with E-state index in [4.69, 9.17) is 14.6 Å². The summed E-state index contributed by atoms with van der Waals surface area (Å²) in [5.41, 5.74) is 0.612. The topological polar surface area (TPSA) is 136 Å². The number of nitro groups is 1. The maximum Gasteiger partial charge on any atom is 0.341 e. The number of carboxylic acids is 1. The summed E-state index contributed by atoms with van der Waals surface area (Å²) >= 11 is 0.727. The fraction of sp³-hybridized carbons (Fsp3) is 0.190. The summed E-state index contributed by atoms with van der Waals surface area (Å²) in [6, 6.07) is 10.6. The average Bonchev–Trinajstić information content (AvgIpc) is 3.01. The van der Waals surface area contributed by atoms with Gasteiger partial charge in [0.1, 0.15) is 0 Å². The van der Waals surface area contributed by atoms with Crippen molar-refractivity contribution in [3.05, 3.63) is 68.6 Å². The van der Waals surface area contributed by atoms with Gasteiger partial charge in [-0.2, -0.15) is 0 Å². The van der Waals surface area contributed by atoms with E-state index in [9.17, 15) is 24.5 Å². The molecule has 0 bridgehead atoms. The number of carboxylic acid groups (broad SMARTS) is 1. The Kier molecular flexibility index (Phi) is 7.11. The lowest BCUT2D eigenvalue weighted by Crippen LogP contribution is -2.27. The van der Waals surface area contributed by atoms with Crippen molar-refractivity contribution in [2.24, 2.45) is 0 Å². The molecule has 1 saturated heterocycles. The summed E-state index contributed by atoms with van der Waals surface area (Å²) in [6.07, 6.45) is 1.49. The summed E-state index contributed by atoms with van der Waals surface area (Å²) in [4.78, 5) is 47.7. The number of nitro benzene ring substituents is 1. The third-order valence-electron chi connectivity index (χ3n) is 4.31. The number of carbonyl (C=O) groups excluding carboxylic acids is 2. The van der Waals surface area contributed by atoms with Gasteiger partial charge in [0.25, 0.3) is 16.8 Å². The van der Waals surface area contributed by atoms with Gasteiger partial charge in [0.15, 0.2) is 18.1 Å². The predicted molar refractivity (Wildman–Crippen MR) is 115 cm³/mol. The monoisotopic (exact) mass is 458 g/mol. The van der Waals surface area contributed by atoms with E-state index in [1.807, 2.05) is 0 Å². The summed E-state index contributed by atoms with van der Waals surface area (Å²) in [6.45, 7) is 1.30. The van der Waals surface area contributed by atoms with Crippen LogP contribution in [-0.2, 0) is 16.1 Å². The number of benzene rings is 2. The third kappa shape index (κ3) is 5.24. The molecule has 1 aliphatic rings. The SMILES string of the molecule is CCOc1cc(/C=C2\SC(=O)N(Cc3ccccc3[N+](=O)[O-])C2=O)ccc1OCC(=O)O. The highest BCUT2D eigenvalue weighted by Gasteiger charge is 2.36. The molecule has 2 aromatic rings. The van der Waals surface area contributed by atoms with Crippen molar-refractivity contribution in [3.8, 4) is 11.5 Å². The Morgan fingerprint density at radius 3 is 2.62 bits per heavy atom. The highest BCUT2D eigenvalue weighted by molar-refractivity contribution is 8.18. The number of imide groups is 1. The average molecular weight is 458 g/mol. The van der Waals surface area contributed by atoms with Gasteiger partial charge in [-0.15, -0.1) is 0 Å². The van der Waals surface area contributed by atoms with Crippen LogP contribution in [0.4, 0.5) is 10.5 Å². The van der Waals surface area contributed by atoms with E-state index in [0.717, 1.165) is 16.7 Å². The quantitative estimate of drug-likeness (QED) is 0.339. The predicted octanol–water partition coefficient (Wildman–Crippen LogP) is 3.69. The zero-order valence-corrected chi connectivity index (χ0v) is 17.7. The molecule has 10 nitrogen and oxygen atoms in total. The first-order valence-electron chi connectivity index (χ1n) is 9.39. The maximum atomic E-state index is 12.8. The van der Waals surface area contributed by atoms with Crippen LogP contribution in [0.25, 0.3) is 6.08 Å². The Bertz CT molecular complexity index is 1110. The number of hydrogen-bond acceptors (Lipinski definition) is 8. The van der Waals surface area contributed by atoms with Crippen LogP contribution in [0, 0.1) is 10.1 Å². The number of aliphatic carboxylic acids is 1. The molecule has 0 spiro atoms. The number of ether oxygens (including phenoxy) is 2. The number of rotatable bonds is 9. The van der Waals surface area contributed by atoms with Crippen LogP contribution in [0.2, 0.25) is 0 Å². The number of thioether (sulfide) groups is 1. The molecule has 0 radical (unpaired) electrons. The highest BCUT2D eigenvalue weighted by Crippen LogP contribution is 2.36. The molecule has 11 heteroatoms. The largest absolute Gasteiger partial charge is 0.490 e. The standard InChI is InChI=1S/C21H18N2O8S/c1-2-30-17-9-13(7-8-16(17)31-12-19(24)25)10-18-20(26)22(21(27)32-18)11-14-5-3-4-6-15(14)23(28)29/h3-10H,2,11-12H2,1H3,(H,24,25)/b18-10-. The Balaban J connectivity index is 1.83. The third-order valence-corrected chi connectivity index (χ3v) is 5.21. The second-order valence-corrected chi connectivity index (χ2v) is 7.47. The summed E-state index contributed by atoms with van der Waals surface area (Å²) in [5.74, 6) is -1.18. The second kappa shape index (κ2) is 9.96. The lowest BCUT2D eigenvalue weighted by atomic mass is 10.1. The van der Waals surface area contributed by atoms with Gasteiger partial charge in [-0.3, -0.25) is 24.6 Å². The fourth-order valence-corrected chi connectivity index (χ4v) is 3.76. The van der Waals surface area contributed by atoms with Crippen LogP contribution in [0.1, 0.15) is 18.1 Å². The molecular formula is C21H18N2O8S. The molecule has 1 heterocycles. The van der Waals surface area contributed by atoms with Gasteiger partial charge in [-0.25, -0.2) is 4.79 Å². The second-order valence-electron chi connectivity index (χ2n) is 6.48. The Hall–Kier alpha value is -3.86. The molecule has 0 unspecified atom stereocenters.